The molecule has 1 saturated carbocycles. The van der Waals surface area contributed by atoms with E-state index in [1.165, 1.54) is 30.5 Å². The largest absolute Gasteiger partial charge is 0.342 e. The van der Waals surface area contributed by atoms with E-state index in [1.807, 2.05) is 6.20 Å². The molecule has 0 unspecified atom stereocenters. The van der Waals surface area contributed by atoms with Crippen molar-refractivity contribution < 1.29 is 0 Å². The fourth-order valence-corrected chi connectivity index (χ4v) is 5.68. The molecule has 2 fully saturated rings. The highest BCUT2D eigenvalue weighted by atomic mass is 15.3. The van der Waals surface area contributed by atoms with Gasteiger partial charge in [0.2, 0.25) is 5.95 Å². The van der Waals surface area contributed by atoms with Gasteiger partial charge in [-0.25, -0.2) is 9.97 Å². The molecule has 1 atom stereocenters. The Balaban J connectivity index is 1.37. The summed E-state index contributed by atoms with van der Waals surface area (Å²) in [6.07, 6.45) is 15.7. The highest BCUT2D eigenvalue weighted by molar-refractivity contribution is 5.71. The third kappa shape index (κ3) is 3.73. The molecule has 166 valence electrons. The lowest BCUT2D eigenvalue weighted by atomic mass is 9.74. The number of hydrogen-bond donors (Lipinski definition) is 2. The highest BCUT2D eigenvalue weighted by Crippen LogP contribution is 2.45. The van der Waals surface area contributed by atoms with Gasteiger partial charge < -0.3 is 20.5 Å². The number of nitrogens with zero attached hydrogens (tertiary/aromatic N) is 5. The van der Waals surface area contributed by atoms with Gasteiger partial charge in [0.25, 0.3) is 0 Å². The minimum Gasteiger partial charge on any atom is -0.342 e. The molecule has 7 nitrogen and oxygen atoms in total. The SMILES string of the molecule is CC/C=C\C1=C(C)CCCN1c1cnc2nc(N3CCC4(CCC[C@H]4N)CC3)[nH]c2n1. The van der Waals surface area contributed by atoms with Gasteiger partial charge in [-0.3, -0.25) is 0 Å². The standard InChI is InChI=1S/C24H35N7/c1-3-4-8-18-17(2)7-6-13-31(18)20-16-26-21-22(27-20)29-23(28-21)30-14-11-24(12-15-30)10-5-9-19(24)25/h4,8,16,19H,3,5-7,9-15,25H2,1-2H3,(H,26,27,28,29)/b8-4-/t19-/m1/s1. The van der Waals surface area contributed by atoms with E-state index in [0.717, 1.165) is 69.2 Å². The number of hydrogen-bond acceptors (Lipinski definition) is 6. The number of allylic oxidation sites excluding steroid dienone is 3. The Hall–Kier alpha value is -2.41. The van der Waals surface area contributed by atoms with Crippen LogP contribution in [0.15, 0.2) is 29.6 Å². The third-order valence-electron chi connectivity index (χ3n) is 7.67. The molecule has 31 heavy (non-hydrogen) atoms. The minimum absolute atomic E-state index is 0.354. The molecule has 2 aromatic rings. The van der Waals surface area contributed by atoms with Crippen LogP contribution in [0.2, 0.25) is 0 Å². The molecule has 0 radical (unpaired) electrons. The summed E-state index contributed by atoms with van der Waals surface area (Å²) in [4.78, 5) is 22.4. The van der Waals surface area contributed by atoms with Crippen molar-refractivity contribution in [3.63, 3.8) is 0 Å². The van der Waals surface area contributed by atoms with Gasteiger partial charge in [-0.15, -0.1) is 0 Å². The molecule has 0 amide bonds. The van der Waals surface area contributed by atoms with Crippen molar-refractivity contribution in [3.8, 4) is 0 Å². The zero-order valence-corrected chi connectivity index (χ0v) is 18.9. The van der Waals surface area contributed by atoms with Crippen molar-refractivity contribution in [1.29, 1.82) is 0 Å². The smallest absolute Gasteiger partial charge is 0.206 e. The molecular formula is C24H35N7. The summed E-state index contributed by atoms with van der Waals surface area (Å²) in [7, 11) is 0. The first-order valence-electron chi connectivity index (χ1n) is 12.0. The summed E-state index contributed by atoms with van der Waals surface area (Å²) in [6, 6.07) is 0.369. The zero-order valence-electron chi connectivity index (χ0n) is 18.9. The van der Waals surface area contributed by atoms with E-state index >= 15 is 0 Å². The van der Waals surface area contributed by atoms with Crippen molar-refractivity contribution in [2.24, 2.45) is 11.1 Å². The summed E-state index contributed by atoms with van der Waals surface area (Å²) >= 11 is 0. The molecule has 0 aromatic carbocycles. The van der Waals surface area contributed by atoms with Crippen LogP contribution in [-0.4, -0.2) is 45.6 Å². The van der Waals surface area contributed by atoms with Crippen LogP contribution in [0.5, 0.6) is 0 Å². The molecular weight excluding hydrogens is 386 g/mol. The number of fused-ring (bicyclic) bond motifs is 1. The van der Waals surface area contributed by atoms with Gasteiger partial charge in [-0.2, -0.15) is 4.98 Å². The van der Waals surface area contributed by atoms with Crippen LogP contribution in [0.4, 0.5) is 11.8 Å². The van der Waals surface area contributed by atoms with Crippen molar-refractivity contribution in [1.82, 2.24) is 19.9 Å². The van der Waals surface area contributed by atoms with Gasteiger partial charge in [0.15, 0.2) is 17.1 Å². The van der Waals surface area contributed by atoms with E-state index in [-0.39, 0.29) is 0 Å². The normalized spacial score (nSPS) is 24.3. The van der Waals surface area contributed by atoms with E-state index < -0.39 is 0 Å². The summed E-state index contributed by atoms with van der Waals surface area (Å²) < 4.78 is 0. The Morgan fingerprint density at radius 3 is 2.77 bits per heavy atom. The number of rotatable bonds is 4. The Morgan fingerprint density at radius 1 is 1.19 bits per heavy atom. The number of nitrogens with two attached hydrogens (primary N) is 1. The average molecular weight is 422 g/mol. The second-order valence-electron chi connectivity index (χ2n) is 9.54. The summed E-state index contributed by atoms with van der Waals surface area (Å²) in [5.41, 5.74) is 10.9. The van der Waals surface area contributed by atoms with Crippen molar-refractivity contribution in [2.75, 3.05) is 29.4 Å². The van der Waals surface area contributed by atoms with Crippen LogP contribution >= 0.6 is 0 Å². The summed E-state index contributed by atoms with van der Waals surface area (Å²) in [6.45, 7) is 7.36. The topological polar surface area (TPSA) is 87.0 Å². The quantitative estimate of drug-likeness (QED) is 0.766. The average Bonchev–Trinajstić information content (AvgIpc) is 3.36. The Kier molecular flexibility index (Phi) is 5.46. The van der Waals surface area contributed by atoms with Crippen molar-refractivity contribution in [3.05, 3.63) is 29.6 Å². The highest BCUT2D eigenvalue weighted by Gasteiger charge is 2.43. The van der Waals surface area contributed by atoms with E-state index in [0.29, 0.717) is 17.1 Å². The van der Waals surface area contributed by atoms with Crippen LogP contribution in [0.1, 0.15) is 65.2 Å². The van der Waals surface area contributed by atoms with Crippen molar-refractivity contribution in [2.45, 2.75) is 71.3 Å². The maximum atomic E-state index is 6.45. The number of imidazole rings is 1. The molecule has 7 heteroatoms. The fraction of sp³-hybridized carbons (Fsp3) is 0.625. The van der Waals surface area contributed by atoms with Gasteiger partial charge in [-0.05, 0) is 68.9 Å². The van der Waals surface area contributed by atoms with Gasteiger partial charge in [0, 0.05) is 31.4 Å². The molecule has 3 N–H and O–H groups in total. The van der Waals surface area contributed by atoms with E-state index in [2.05, 4.69) is 45.8 Å². The summed E-state index contributed by atoms with van der Waals surface area (Å²) in [5, 5.41) is 0. The fourth-order valence-electron chi connectivity index (χ4n) is 5.68. The van der Waals surface area contributed by atoms with Gasteiger partial charge in [0.05, 0.1) is 6.20 Å². The first-order valence-corrected chi connectivity index (χ1v) is 12.0. The molecule has 4 heterocycles. The molecule has 1 saturated heterocycles. The number of H-pyrrole nitrogens is 1. The van der Waals surface area contributed by atoms with Crippen molar-refractivity contribution >= 4 is 23.1 Å². The lowest BCUT2D eigenvalue weighted by Gasteiger charge is -2.42. The van der Waals surface area contributed by atoms with Crippen LogP contribution in [0.3, 0.4) is 0 Å². The number of nitrogens with one attached hydrogen (secondary N) is 1. The number of piperidine rings is 1. The van der Waals surface area contributed by atoms with Crippen LogP contribution in [-0.2, 0) is 0 Å². The van der Waals surface area contributed by atoms with Gasteiger partial charge >= 0.3 is 0 Å². The second-order valence-corrected chi connectivity index (χ2v) is 9.54. The molecule has 2 aromatic heterocycles. The molecule has 1 aliphatic carbocycles. The molecule has 1 spiro atoms. The molecule has 0 bridgehead atoms. The van der Waals surface area contributed by atoms with E-state index in [1.54, 1.807) is 0 Å². The van der Waals surface area contributed by atoms with Gasteiger partial charge in [0.1, 0.15) is 0 Å². The molecule has 5 rings (SSSR count). The maximum Gasteiger partial charge on any atom is 0.206 e. The zero-order chi connectivity index (χ0) is 21.4. The Bertz CT molecular complexity index is 997. The predicted octanol–water partition coefficient (Wildman–Crippen LogP) is 4.29. The van der Waals surface area contributed by atoms with Gasteiger partial charge in [-0.1, -0.05) is 19.4 Å². The second kappa shape index (κ2) is 8.26. The van der Waals surface area contributed by atoms with Crippen LogP contribution < -0.4 is 15.5 Å². The number of aromatic nitrogens is 4. The van der Waals surface area contributed by atoms with E-state index in [4.69, 9.17) is 15.7 Å². The Labute approximate surface area is 184 Å². The predicted molar refractivity (Wildman–Crippen MR) is 126 cm³/mol. The van der Waals surface area contributed by atoms with Crippen LogP contribution in [0, 0.1) is 5.41 Å². The third-order valence-corrected chi connectivity index (χ3v) is 7.67. The lowest BCUT2D eigenvalue weighted by molar-refractivity contribution is 0.197. The summed E-state index contributed by atoms with van der Waals surface area (Å²) in [5.74, 6) is 1.79. The maximum absolute atomic E-state index is 6.45. The Morgan fingerprint density at radius 2 is 2.03 bits per heavy atom. The molecule has 3 aliphatic rings. The lowest BCUT2D eigenvalue weighted by Crippen LogP contribution is -2.47. The molecule has 2 aliphatic heterocycles. The van der Waals surface area contributed by atoms with E-state index in [9.17, 15) is 0 Å². The number of anilines is 2. The monoisotopic (exact) mass is 421 g/mol. The minimum atomic E-state index is 0.354. The first-order chi connectivity index (χ1) is 15.1. The number of aromatic amines is 1. The van der Waals surface area contributed by atoms with Crippen LogP contribution in [0.25, 0.3) is 11.3 Å². The first kappa shape index (κ1) is 20.5.